The van der Waals surface area contributed by atoms with Gasteiger partial charge in [-0.05, 0) is 31.0 Å². The Morgan fingerprint density at radius 3 is 2.85 bits per heavy atom. The van der Waals surface area contributed by atoms with Gasteiger partial charge in [-0.3, -0.25) is 4.98 Å². The first-order valence-electron chi connectivity index (χ1n) is 6.70. The van der Waals surface area contributed by atoms with Gasteiger partial charge in [0.25, 0.3) is 0 Å². The molecule has 0 aliphatic rings. The van der Waals surface area contributed by atoms with Crippen LogP contribution in [0.25, 0.3) is 0 Å². The molecular weight excluding hydrogens is 278 g/mol. The fraction of sp³-hybridized carbons (Fsp3) is 0.615. The summed E-state index contributed by atoms with van der Waals surface area (Å²) in [6, 6.07) is 3.89. The van der Waals surface area contributed by atoms with Gasteiger partial charge in [-0.1, -0.05) is 6.07 Å². The first kappa shape index (κ1) is 17.0. The molecule has 0 aliphatic carbocycles. The zero-order valence-corrected chi connectivity index (χ0v) is 12.7. The average Bonchev–Trinajstić information content (AvgIpc) is 2.44. The molecule has 0 amide bonds. The Morgan fingerprint density at radius 1 is 1.30 bits per heavy atom. The van der Waals surface area contributed by atoms with Crippen molar-refractivity contribution in [1.29, 1.82) is 0 Å². The summed E-state index contributed by atoms with van der Waals surface area (Å²) in [5.74, 6) is 0.115. The number of rotatable bonds is 11. The lowest BCUT2D eigenvalue weighted by atomic mass is 10.3. The zero-order valence-electron chi connectivity index (χ0n) is 11.8. The van der Waals surface area contributed by atoms with Gasteiger partial charge in [0, 0.05) is 39.2 Å². The zero-order chi connectivity index (χ0) is 14.7. The van der Waals surface area contributed by atoms with Crippen molar-refractivity contribution in [2.24, 2.45) is 0 Å². The third kappa shape index (κ3) is 8.21. The van der Waals surface area contributed by atoms with Gasteiger partial charge in [-0.15, -0.1) is 0 Å². The monoisotopic (exact) mass is 301 g/mol. The average molecular weight is 301 g/mol. The molecule has 0 bridgehead atoms. The molecule has 0 spiro atoms. The third-order valence-electron chi connectivity index (χ3n) is 2.67. The first-order valence-corrected chi connectivity index (χ1v) is 8.35. The second-order valence-electron chi connectivity index (χ2n) is 4.45. The molecule has 0 saturated carbocycles. The molecule has 114 valence electrons. The summed E-state index contributed by atoms with van der Waals surface area (Å²) in [5, 5.41) is 3.25. The van der Waals surface area contributed by atoms with Crippen LogP contribution in [0.15, 0.2) is 24.5 Å². The van der Waals surface area contributed by atoms with Crippen molar-refractivity contribution >= 4 is 10.0 Å². The number of ether oxygens (including phenoxy) is 1. The van der Waals surface area contributed by atoms with Crippen LogP contribution in [0.5, 0.6) is 0 Å². The number of nitrogens with one attached hydrogen (secondary N) is 2. The van der Waals surface area contributed by atoms with Crippen molar-refractivity contribution in [2.75, 3.05) is 32.6 Å². The van der Waals surface area contributed by atoms with Crippen molar-refractivity contribution < 1.29 is 13.2 Å². The van der Waals surface area contributed by atoms with Gasteiger partial charge in [-0.2, -0.15) is 0 Å². The number of nitrogens with zero attached hydrogens (tertiary/aromatic N) is 1. The lowest BCUT2D eigenvalue weighted by Gasteiger charge is -2.07. The molecule has 0 unspecified atom stereocenters. The van der Waals surface area contributed by atoms with Crippen LogP contribution in [0.3, 0.4) is 0 Å². The number of pyridine rings is 1. The Labute approximate surface area is 121 Å². The molecule has 0 atom stereocenters. The summed E-state index contributed by atoms with van der Waals surface area (Å²) in [4.78, 5) is 4.03. The highest BCUT2D eigenvalue weighted by Gasteiger charge is 2.08. The fourth-order valence-corrected chi connectivity index (χ4v) is 2.74. The van der Waals surface area contributed by atoms with E-state index in [9.17, 15) is 8.42 Å². The molecule has 0 radical (unpaired) electrons. The molecule has 1 heterocycles. The van der Waals surface area contributed by atoms with E-state index in [1.165, 1.54) is 0 Å². The molecule has 1 aromatic rings. The minimum absolute atomic E-state index is 0.115. The molecule has 0 fully saturated rings. The van der Waals surface area contributed by atoms with Crippen LogP contribution < -0.4 is 10.0 Å². The van der Waals surface area contributed by atoms with Crippen LogP contribution in [-0.4, -0.2) is 46.0 Å². The summed E-state index contributed by atoms with van der Waals surface area (Å²) in [6.07, 6.45) is 4.82. The predicted molar refractivity (Wildman–Crippen MR) is 78.8 cm³/mol. The number of hydrogen-bond acceptors (Lipinski definition) is 5. The van der Waals surface area contributed by atoms with Crippen molar-refractivity contribution in [3.8, 4) is 0 Å². The lowest BCUT2D eigenvalue weighted by Crippen LogP contribution is -2.29. The van der Waals surface area contributed by atoms with E-state index in [4.69, 9.17) is 4.74 Å². The van der Waals surface area contributed by atoms with E-state index < -0.39 is 10.0 Å². The van der Waals surface area contributed by atoms with E-state index in [0.717, 1.165) is 25.1 Å². The standard InChI is InChI=1S/C13H23N3O3S/c1-19-9-4-10-20(17,18)16-8-3-7-15-12-13-5-2-6-14-11-13/h2,5-6,11,15-16H,3-4,7-10,12H2,1H3. The lowest BCUT2D eigenvalue weighted by molar-refractivity contribution is 0.199. The van der Waals surface area contributed by atoms with E-state index in [2.05, 4.69) is 15.0 Å². The smallest absolute Gasteiger partial charge is 0.211 e. The van der Waals surface area contributed by atoms with Gasteiger partial charge in [0.1, 0.15) is 0 Å². The highest BCUT2D eigenvalue weighted by molar-refractivity contribution is 7.89. The van der Waals surface area contributed by atoms with E-state index in [1.807, 2.05) is 18.3 Å². The van der Waals surface area contributed by atoms with Crippen molar-refractivity contribution in [2.45, 2.75) is 19.4 Å². The fourth-order valence-electron chi connectivity index (χ4n) is 1.64. The minimum Gasteiger partial charge on any atom is -0.385 e. The normalized spacial score (nSPS) is 11.7. The summed E-state index contributed by atoms with van der Waals surface area (Å²) >= 11 is 0. The topological polar surface area (TPSA) is 80.3 Å². The van der Waals surface area contributed by atoms with Gasteiger partial charge in [0.2, 0.25) is 10.0 Å². The highest BCUT2D eigenvalue weighted by atomic mass is 32.2. The maximum absolute atomic E-state index is 11.6. The number of aromatic nitrogens is 1. The molecule has 7 heteroatoms. The van der Waals surface area contributed by atoms with Crippen LogP contribution >= 0.6 is 0 Å². The maximum atomic E-state index is 11.6. The number of hydrogen-bond donors (Lipinski definition) is 2. The predicted octanol–water partition coefficient (Wildman–Crippen LogP) is 0.517. The van der Waals surface area contributed by atoms with E-state index in [1.54, 1.807) is 13.3 Å². The van der Waals surface area contributed by atoms with Gasteiger partial charge < -0.3 is 10.1 Å². The third-order valence-corrected chi connectivity index (χ3v) is 4.14. The molecule has 20 heavy (non-hydrogen) atoms. The van der Waals surface area contributed by atoms with Crippen LogP contribution in [0.4, 0.5) is 0 Å². The van der Waals surface area contributed by atoms with Crippen molar-refractivity contribution in [1.82, 2.24) is 15.0 Å². The molecule has 6 nitrogen and oxygen atoms in total. The summed E-state index contributed by atoms with van der Waals surface area (Å²) in [5.41, 5.74) is 1.12. The van der Waals surface area contributed by atoms with Gasteiger partial charge >= 0.3 is 0 Å². The van der Waals surface area contributed by atoms with Crippen molar-refractivity contribution in [3.05, 3.63) is 30.1 Å². The highest BCUT2D eigenvalue weighted by Crippen LogP contribution is 1.94. The van der Waals surface area contributed by atoms with Crippen molar-refractivity contribution in [3.63, 3.8) is 0 Å². The Balaban J connectivity index is 2.04. The van der Waals surface area contributed by atoms with Crippen LogP contribution in [0.1, 0.15) is 18.4 Å². The minimum atomic E-state index is -3.16. The summed E-state index contributed by atoms with van der Waals surface area (Å²) in [6.45, 7) is 2.42. The van der Waals surface area contributed by atoms with E-state index in [-0.39, 0.29) is 5.75 Å². The summed E-state index contributed by atoms with van der Waals surface area (Å²) in [7, 11) is -1.60. The van der Waals surface area contributed by atoms with Gasteiger partial charge in [0.15, 0.2) is 0 Å². The molecule has 0 aliphatic heterocycles. The van der Waals surface area contributed by atoms with Crippen LogP contribution in [0.2, 0.25) is 0 Å². The number of methoxy groups -OCH3 is 1. The largest absolute Gasteiger partial charge is 0.385 e. The van der Waals surface area contributed by atoms with Gasteiger partial charge in [0.05, 0.1) is 5.75 Å². The maximum Gasteiger partial charge on any atom is 0.211 e. The van der Waals surface area contributed by atoms with Gasteiger partial charge in [-0.25, -0.2) is 13.1 Å². The van der Waals surface area contributed by atoms with Crippen LogP contribution in [0, 0.1) is 0 Å². The molecule has 0 aromatic carbocycles. The molecule has 1 rings (SSSR count). The Hall–Kier alpha value is -1.02. The Kier molecular flexibility index (Phi) is 8.36. The Bertz CT molecular complexity index is 451. The van der Waals surface area contributed by atoms with E-state index in [0.29, 0.717) is 19.6 Å². The Morgan fingerprint density at radius 2 is 2.15 bits per heavy atom. The van der Waals surface area contributed by atoms with E-state index >= 15 is 0 Å². The molecule has 2 N–H and O–H groups in total. The second-order valence-corrected chi connectivity index (χ2v) is 6.38. The quantitative estimate of drug-likeness (QED) is 0.582. The molecule has 0 saturated heterocycles. The SMILES string of the molecule is COCCCS(=O)(=O)NCCCNCc1cccnc1. The van der Waals surface area contributed by atoms with Crippen LogP contribution in [-0.2, 0) is 21.3 Å². The second kappa shape index (κ2) is 9.82. The summed E-state index contributed by atoms with van der Waals surface area (Å²) < 4.78 is 30.5. The molecular formula is C13H23N3O3S. The number of sulfonamides is 1. The molecule has 1 aromatic heterocycles. The first-order chi connectivity index (χ1) is 9.64.